The molecule has 4 N–H and O–H groups in total. The molecule has 7 heteroatoms. The summed E-state index contributed by atoms with van der Waals surface area (Å²) >= 11 is 0. The van der Waals surface area contributed by atoms with E-state index >= 15 is 0 Å². The minimum atomic E-state index is -1.36. The van der Waals surface area contributed by atoms with Crippen LogP contribution >= 0.6 is 0 Å². The number of aliphatic hydroxyl groups is 1. The fraction of sp³-hybridized carbons (Fsp3) is 0.438. The molecule has 0 aromatic rings. The van der Waals surface area contributed by atoms with E-state index in [1.54, 1.807) is 6.92 Å². The maximum atomic E-state index is 11.1. The molecule has 0 aliphatic rings. The molecule has 0 aromatic carbocycles. The first-order valence-corrected chi connectivity index (χ1v) is 6.86. The van der Waals surface area contributed by atoms with E-state index in [2.05, 4.69) is 0 Å². The molecule has 1 atom stereocenters. The van der Waals surface area contributed by atoms with Gasteiger partial charge in [0.25, 0.3) is 0 Å². The molecule has 128 valence electrons. The van der Waals surface area contributed by atoms with Crippen molar-refractivity contribution in [2.45, 2.75) is 27.7 Å². The number of aliphatic hydroxyl groups excluding tert-OH is 1. The predicted molar refractivity (Wildman–Crippen MR) is 82.9 cm³/mol. The summed E-state index contributed by atoms with van der Waals surface area (Å²) < 4.78 is 0. The average Bonchev–Trinajstić information content (AvgIpc) is 2.45. The zero-order valence-electron chi connectivity index (χ0n) is 13.5. The smallest absolute Gasteiger partial charge is 0.330 e. The largest absolute Gasteiger partial charge is 0.478 e. The molecule has 0 heterocycles. The molecule has 0 fully saturated rings. The highest BCUT2D eigenvalue weighted by Crippen LogP contribution is 2.36. The molecule has 0 saturated heterocycles. The van der Waals surface area contributed by atoms with E-state index in [4.69, 9.17) is 15.3 Å². The van der Waals surface area contributed by atoms with Crippen molar-refractivity contribution in [3.05, 3.63) is 34.9 Å². The fourth-order valence-corrected chi connectivity index (χ4v) is 2.02. The van der Waals surface area contributed by atoms with Gasteiger partial charge in [-0.15, -0.1) is 0 Å². The fourth-order valence-electron chi connectivity index (χ4n) is 2.02. The van der Waals surface area contributed by atoms with E-state index in [-0.39, 0.29) is 16.7 Å². The zero-order valence-corrected chi connectivity index (χ0v) is 13.5. The summed E-state index contributed by atoms with van der Waals surface area (Å²) in [5.74, 6) is -4.30. The first kappa shape index (κ1) is 20.6. The first-order chi connectivity index (χ1) is 10.5. The molecule has 0 saturated carbocycles. The zero-order chi connectivity index (χ0) is 18.4. The Labute approximate surface area is 134 Å². The van der Waals surface area contributed by atoms with Gasteiger partial charge >= 0.3 is 17.9 Å². The van der Waals surface area contributed by atoms with Crippen LogP contribution in [0, 0.1) is 11.3 Å². The number of carboxylic acids is 3. The number of aliphatic carboxylic acids is 3. The van der Waals surface area contributed by atoms with Gasteiger partial charge in [0, 0.05) is 28.7 Å². The molecule has 1 unspecified atom stereocenters. The van der Waals surface area contributed by atoms with Gasteiger partial charge in [0.15, 0.2) is 0 Å². The number of carbonyl (C=O) groups is 3. The minimum absolute atomic E-state index is 0.0887. The first-order valence-electron chi connectivity index (χ1n) is 6.86. The Morgan fingerprint density at radius 3 is 1.26 bits per heavy atom. The van der Waals surface area contributed by atoms with Gasteiger partial charge in [-0.3, -0.25) is 0 Å². The number of carboxylic acid groups (broad SMARTS) is 3. The lowest BCUT2D eigenvalue weighted by molar-refractivity contribution is -0.133. The second-order valence-electron chi connectivity index (χ2n) is 5.48. The highest BCUT2D eigenvalue weighted by molar-refractivity contribution is 5.89. The van der Waals surface area contributed by atoms with E-state index in [0.717, 1.165) is 0 Å². The highest BCUT2D eigenvalue weighted by Gasteiger charge is 2.32. The van der Waals surface area contributed by atoms with Gasteiger partial charge in [0.1, 0.15) is 0 Å². The number of rotatable bonds is 8. The van der Waals surface area contributed by atoms with Crippen molar-refractivity contribution in [3.63, 3.8) is 0 Å². The van der Waals surface area contributed by atoms with Gasteiger partial charge in [0.05, 0.1) is 0 Å². The Morgan fingerprint density at radius 2 is 1.09 bits per heavy atom. The monoisotopic (exact) mass is 326 g/mol. The van der Waals surface area contributed by atoms with E-state index < -0.39 is 35.8 Å². The van der Waals surface area contributed by atoms with Crippen LogP contribution in [-0.4, -0.2) is 44.9 Å². The number of hydrogen-bond donors (Lipinski definition) is 4. The summed E-state index contributed by atoms with van der Waals surface area (Å²) in [6, 6.07) is 0. The quantitative estimate of drug-likeness (QED) is 0.499. The van der Waals surface area contributed by atoms with E-state index in [1.165, 1.54) is 39.0 Å². The van der Waals surface area contributed by atoms with E-state index in [1.807, 2.05) is 0 Å². The SMILES string of the molecule is CC(=CC(C=C(C)C(=O)O)(C=C(C)C(=O)O)C(C)CO)C(=O)O. The lowest BCUT2D eigenvalue weighted by Gasteiger charge is -2.31. The molecule has 23 heavy (non-hydrogen) atoms. The third-order valence-corrected chi connectivity index (χ3v) is 3.54. The van der Waals surface area contributed by atoms with E-state index in [9.17, 15) is 19.5 Å². The average molecular weight is 326 g/mol. The Hall–Kier alpha value is -2.41. The molecule has 7 nitrogen and oxygen atoms in total. The Bertz CT molecular complexity index is 507. The van der Waals surface area contributed by atoms with Crippen LogP contribution in [0.3, 0.4) is 0 Å². The van der Waals surface area contributed by atoms with Crippen LogP contribution in [0.1, 0.15) is 27.7 Å². The summed E-state index contributed by atoms with van der Waals surface area (Å²) in [6.07, 6.45) is 3.78. The van der Waals surface area contributed by atoms with Gasteiger partial charge in [-0.25, -0.2) is 14.4 Å². The van der Waals surface area contributed by atoms with Crippen LogP contribution < -0.4 is 0 Å². The second kappa shape index (κ2) is 8.28. The molecular weight excluding hydrogens is 304 g/mol. The second-order valence-corrected chi connectivity index (χ2v) is 5.48. The molecule has 0 aromatic heterocycles. The van der Waals surface area contributed by atoms with Crippen LogP contribution in [0.4, 0.5) is 0 Å². The molecule has 0 spiro atoms. The molecule has 0 bridgehead atoms. The van der Waals surface area contributed by atoms with Crippen LogP contribution in [0.15, 0.2) is 34.9 Å². The lowest BCUT2D eigenvalue weighted by atomic mass is 9.73. The summed E-state index contributed by atoms with van der Waals surface area (Å²) in [6.45, 7) is 5.12. The summed E-state index contributed by atoms with van der Waals surface area (Å²) in [7, 11) is 0. The van der Waals surface area contributed by atoms with Crippen molar-refractivity contribution in [1.82, 2.24) is 0 Å². The summed E-state index contributed by atoms with van der Waals surface area (Å²) in [4.78, 5) is 33.4. The van der Waals surface area contributed by atoms with Crippen molar-refractivity contribution in [2.24, 2.45) is 11.3 Å². The van der Waals surface area contributed by atoms with Crippen LogP contribution in [0.5, 0.6) is 0 Å². The molecule has 0 aliphatic carbocycles. The van der Waals surface area contributed by atoms with Crippen molar-refractivity contribution in [1.29, 1.82) is 0 Å². The third kappa shape index (κ3) is 5.71. The third-order valence-electron chi connectivity index (χ3n) is 3.54. The lowest BCUT2D eigenvalue weighted by Crippen LogP contribution is -2.28. The Morgan fingerprint density at radius 1 is 0.826 bits per heavy atom. The number of hydrogen-bond acceptors (Lipinski definition) is 4. The number of allylic oxidation sites excluding steroid dienone is 3. The molecule has 0 rings (SSSR count). The molecule has 0 amide bonds. The van der Waals surface area contributed by atoms with Crippen LogP contribution in [-0.2, 0) is 14.4 Å². The van der Waals surface area contributed by atoms with Gasteiger partial charge < -0.3 is 20.4 Å². The molecule has 0 aliphatic heterocycles. The maximum absolute atomic E-state index is 11.1. The van der Waals surface area contributed by atoms with Crippen molar-refractivity contribution >= 4 is 17.9 Å². The van der Waals surface area contributed by atoms with Crippen molar-refractivity contribution < 1.29 is 34.8 Å². The summed E-state index contributed by atoms with van der Waals surface area (Å²) in [5.41, 5.74) is -1.63. The molecule has 0 radical (unpaired) electrons. The highest BCUT2D eigenvalue weighted by atomic mass is 16.4. The van der Waals surface area contributed by atoms with Gasteiger partial charge in [-0.05, 0) is 26.7 Å². The van der Waals surface area contributed by atoms with Gasteiger partial charge in [-0.2, -0.15) is 0 Å². The van der Waals surface area contributed by atoms with Crippen molar-refractivity contribution in [2.75, 3.05) is 6.61 Å². The Kier molecular flexibility index (Phi) is 7.41. The summed E-state index contributed by atoms with van der Waals surface area (Å²) in [5, 5.41) is 36.7. The van der Waals surface area contributed by atoms with Crippen molar-refractivity contribution in [3.8, 4) is 0 Å². The normalized spacial score (nSPS) is 17.3. The van der Waals surface area contributed by atoms with Crippen LogP contribution in [0.2, 0.25) is 0 Å². The molecular formula is C16H22O7. The van der Waals surface area contributed by atoms with Crippen LogP contribution in [0.25, 0.3) is 0 Å². The Balaban J connectivity index is 6.60. The maximum Gasteiger partial charge on any atom is 0.330 e. The topological polar surface area (TPSA) is 132 Å². The minimum Gasteiger partial charge on any atom is -0.478 e. The van der Waals surface area contributed by atoms with Gasteiger partial charge in [0.2, 0.25) is 0 Å². The van der Waals surface area contributed by atoms with E-state index in [0.29, 0.717) is 0 Å². The van der Waals surface area contributed by atoms with Gasteiger partial charge in [-0.1, -0.05) is 25.2 Å². The predicted octanol–water partition coefficient (Wildman–Crippen LogP) is 1.69. The standard InChI is InChI=1S/C16H22O7/c1-9(13(18)19)5-16(12(4)8-17,6-10(2)14(20)21)7-11(3)15(22)23/h5-7,12,17H,8H2,1-4H3,(H,18,19)(H,20,21)(H,22,23).